The molecule has 2 unspecified atom stereocenters. The van der Waals surface area contributed by atoms with Crippen LogP contribution in [-0.4, -0.2) is 34.9 Å². The quantitative estimate of drug-likeness (QED) is 0.0469. The summed E-state index contributed by atoms with van der Waals surface area (Å²) in [6.45, 7) is 4.20. The minimum absolute atomic E-state index is 0.0656. The number of aliphatic hydroxyl groups is 2. The van der Waals surface area contributed by atoms with E-state index < -0.39 is 12.1 Å². The third-order valence-corrected chi connectivity index (χ3v) is 9.13. The molecule has 0 saturated heterocycles. The van der Waals surface area contributed by atoms with E-state index in [0.717, 1.165) is 38.5 Å². The number of nitrogens with one attached hydrogen (secondary N) is 1. The number of amides is 1. The van der Waals surface area contributed by atoms with Crippen LogP contribution in [0.5, 0.6) is 0 Å². The molecule has 2 atom stereocenters. The summed E-state index contributed by atoms with van der Waals surface area (Å²) in [5.41, 5.74) is 0. The predicted molar refractivity (Wildman–Crippen MR) is 202 cm³/mol. The molecule has 1 amide bonds. The Balaban J connectivity index is 3.55. The highest BCUT2D eigenvalue weighted by atomic mass is 16.3. The number of hydrogen-bond donors (Lipinski definition) is 3. The molecule has 4 heteroatoms. The molecular formula is C42H79NO3. The molecule has 0 aromatic rings. The van der Waals surface area contributed by atoms with Gasteiger partial charge in [0.15, 0.2) is 0 Å². The third kappa shape index (κ3) is 34.0. The molecule has 0 heterocycles. The van der Waals surface area contributed by atoms with Gasteiger partial charge in [0, 0.05) is 6.42 Å². The van der Waals surface area contributed by atoms with E-state index in [1.165, 1.54) is 148 Å². The first kappa shape index (κ1) is 44.6. The monoisotopic (exact) mass is 646 g/mol. The Morgan fingerprint density at radius 1 is 0.543 bits per heavy atom. The highest BCUT2D eigenvalue weighted by Gasteiger charge is 2.17. The number of carbonyl (C=O) groups excluding carboxylic acids is 1. The molecule has 0 saturated carbocycles. The number of unbranched alkanes of at least 4 members (excludes halogenated alkanes) is 25. The zero-order valence-electron chi connectivity index (χ0n) is 30.8. The predicted octanol–water partition coefficient (Wildman–Crippen LogP) is 12.2. The van der Waals surface area contributed by atoms with E-state index >= 15 is 0 Å². The molecule has 0 fully saturated rings. The maximum absolute atomic E-state index is 12.3. The zero-order chi connectivity index (χ0) is 33.6. The highest BCUT2D eigenvalue weighted by Crippen LogP contribution is 2.15. The summed E-state index contributed by atoms with van der Waals surface area (Å²) in [6.07, 6.45) is 49.5. The van der Waals surface area contributed by atoms with Gasteiger partial charge in [0.2, 0.25) is 5.91 Å². The smallest absolute Gasteiger partial charge is 0.220 e. The molecule has 0 aliphatic heterocycles. The van der Waals surface area contributed by atoms with E-state index in [9.17, 15) is 15.0 Å². The molecule has 3 N–H and O–H groups in total. The largest absolute Gasteiger partial charge is 0.394 e. The van der Waals surface area contributed by atoms with Crippen molar-refractivity contribution in [2.45, 2.75) is 219 Å². The van der Waals surface area contributed by atoms with Gasteiger partial charge in [-0.1, -0.05) is 192 Å². The van der Waals surface area contributed by atoms with Crippen LogP contribution in [0.3, 0.4) is 0 Å². The van der Waals surface area contributed by atoms with Gasteiger partial charge in [0.05, 0.1) is 18.8 Å². The molecule has 270 valence electrons. The van der Waals surface area contributed by atoms with Gasteiger partial charge < -0.3 is 15.5 Å². The Morgan fingerprint density at radius 3 is 1.41 bits per heavy atom. The maximum Gasteiger partial charge on any atom is 0.220 e. The maximum atomic E-state index is 12.3. The second kappa shape index (κ2) is 38.1. The Kier molecular flexibility index (Phi) is 36.9. The van der Waals surface area contributed by atoms with Crippen molar-refractivity contribution < 1.29 is 15.0 Å². The number of rotatable bonds is 36. The summed E-state index contributed by atoms with van der Waals surface area (Å²) in [5.74, 6) is -0.0656. The summed E-state index contributed by atoms with van der Waals surface area (Å²) in [4.78, 5) is 12.3. The fraction of sp³-hybridized carbons (Fsp3) is 0.833. The van der Waals surface area contributed by atoms with Crippen molar-refractivity contribution in [1.29, 1.82) is 0 Å². The van der Waals surface area contributed by atoms with E-state index in [4.69, 9.17) is 0 Å². The minimum Gasteiger partial charge on any atom is -0.394 e. The van der Waals surface area contributed by atoms with Crippen molar-refractivity contribution in [1.82, 2.24) is 5.32 Å². The van der Waals surface area contributed by atoms with E-state index in [0.29, 0.717) is 6.42 Å². The highest BCUT2D eigenvalue weighted by molar-refractivity contribution is 5.76. The van der Waals surface area contributed by atoms with Crippen molar-refractivity contribution in [2.75, 3.05) is 6.61 Å². The van der Waals surface area contributed by atoms with Crippen LogP contribution in [0.25, 0.3) is 0 Å². The molecule has 0 aliphatic rings. The molecular weight excluding hydrogens is 566 g/mol. The Labute approximate surface area is 287 Å². The SMILES string of the molecule is CCC=CCC=CCCCCCCCCCCCCCCCCC(=O)NC(CO)C(O)C=CCCCCCCCCCCCCC. The lowest BCUT2D eigenvalue weighted by molar-refractivity contribution is -0.123. The van der Waals surface area contributed by atoms with Crippen LogP contribution in [0.2, 0.25) is 0 Å². The van der Waals surface area contributed by atoms with Gasteiger partial charge in [-0.2, -0.15) is 0 Å². The van der Waals surface area contributed by atoms with Gasteiger partial charge in [-0.3, -0.25) is 4.79 Å². The molecule has 0 aromatic heterocycles. The van der Waals surface area contributed by atoms with Gasteiger partial charge in [-0.05, 0) is 44.9 Å². The number of allylic oxidation sites excluding steroid dienone is 5. The van der Waals surface area contributed by atoms with Crippen molar-refractivity contribution in [3.63, 3.8) is 0 Å². The van der Waals surface area contributed by atoms with Crippen molar-refractivity contribution in [3.05, 3.63) is 36.5 Å². The molecule has 0 rings (SSSR count). The van der Waals surface area contributed by atoms with Gasteiger partial charge in [-0.25, -0.2) is 0 Å². The van der Waals surface area contributed by atoms with E-state index in [1.54, 1.807) is 6.08 Å². The van der Waals surface area contributed by atoms with Crippen LogP contribution in [-0.2, 0) is 4.79 Å². The average molecular weight is 646 g/mol. The summed E-state index contributed by atoms with van der Waals surface area (Å²) in [7, 11) is 0. The van der Waals surface area contributed by atoms with E-state index in [1.807, 2.05) is 6.08 Å². The van der Waals surface area contributed by atoms with E-state index in [2.05, 4.69) is 43.5 Å². The minimum atomic E-state index is -0.836. The van der Waals surface area contributed by atoms with Gasteiger partial charge in [-0.15, -0.1) is 0 Å². The van der Waals surface area contributed by atoms with Crippen molar-refractivity contribution >= 4 is 5.91 Å². The molecule has 0 aromatic carbocycles. The number of aliphatic hydroxyl groups excluding tert-OH is 2. The molecule has 0 aliphatic carbocycles. The number of carbonyl (C=O) groups is 1. The average Bonchev–Trinajstić information content (AvgIpc) is 3.06. The standard InChI is InChI=1S/C42H79NO3/c1-3-5-7-9-11-13-15-17-18-19-20-21-22-23-24-26-28-30-32-34-36-38-42(46)43-40(39-44)41(45)37-35-33-31-29-27-25-16-14-12-10-8-6-4-2/h5,7,11,13,35,37,40-41,44-45H,3-4,6,8-10,12,14-34,36,38-39H2,1-2H3,(H,43,46). The normalized spacial score (nSPS) is 13.4. The van der Waals surface area contributed by atoms with Gasteiger partial charge in [0.1, 0.15) is 0 Å². The summed E-state index contributed by atoms with van der Waals surface area (Å²) < 4.78 is 0. The van der Waals surface area contributed by atoms with Crippen LogP contribution in [0, 0.1) is 0 Å². The zero-order valence-corrected chi connectivity index (χ0v) is 30.8. The summed E-state index contributed by atoms with van der Waals surface area (Å²) in [5, 5.41) is 22.9. The van der Waals surface area contributed by atoms with Crippen LogP contribution >= 0.6 is 0 Å². The van der Waals surface area contributed by atoms with E-state index in [-0.39, 0.29) is 12.5 Å². The van der Waals surface area contributed by atoms with Crippen LogP contribution in [0.1, 0.15) is 206 Å². The lowest BCUT2D eigenvalue weighted by Gasteiger charge is -2.20. The summed E-state index contributed by atoms with van der Waals surface area (Å²) >= 11 is 0. The second-order valence-electron chi connectivity index (χ2n) is 13.7. The van der Waals surface area contributed by atoms with Crippen LogP contribution < -0.4 is 5.32 Å². The Hall–Kier alpha value is -1.39. The topological polar surface area (TPSA) is 69.6 Å². The first-order chi connectivity index (χ1) is 22.7. The van der Waals surface area contributed by atoms with Crippen molar-refractivity contribution in [2.24, 2.45) is 0 Å². The third-order valence-electron chi connectivity index (χ3n) is 9.13. The van der Waals surface area contributed by atoms with Crippen LogP contribution in [0.15, 0.2) is 36.5 Å². The first-order valence-electron chi connectivity index (χ1n) is 20.2. The number of hydrogen-bond acceptors (Lipinski definition) is 3. The van der Waals surface area contributed by atoms with Gasteiger partial charge >= 0.3 is 0 Å². The molecule has 46 heavy (non-hydrogen) atoms. The fourth-order valence-electron chi connectivity index (χ4n) is 6.04. The molecule has 0 spiro atoms. The molecule has 0 radical (unpaired) electrons. The van der Waals surface area contributed by atoms with Crippen LogP contribution in [0.4, 0.5) is 0 Å². The molecule has 4 nitrogen and oxygen atoms in total. The van der Waals surface area contributed by atoms with Gasteiger partial charge in [0.25, 0.3) is 0 Å². The Morgan fingerprint density at radius 2 is 0.957 bits per heavy atom. The lowest BCUT2D eigenvalue weighted by atomic mass is 10.0. The first-order valence-corrected chi connectivity index (χ1v) is 20.2. The lowest BCUT2D eigenvalue weighted by Crippen LogP contribution is -2.45. The second-order valence-corrected chi connectivity index (χ2v) is 13.7. The fourth-order valence-corrected chi connectivity index (χ4v) is 6.04. The van der Waals surface area contributed by atoms with Crippen molar-refractivity contribution in [3.8, 4) is 0 Å². The molecule has 0 bridgehead atoms. The summed E-state index contributed by atoms with van der Waals surface area (Å²) in [6, 6.07) is -0.619. The Bertz CT molecular complexity index is 701.